The van der Waals surface area contributed by atoms with Crippen LogP contribution in [0.15, 0.2) is 29.4 Å². The number of aryl methyl sites for hydroxylation is 1. The first-order valence-electron chi connectivity index (χ1n) is 8.68. The summed E-state index contributed by atoms with van der Waals surface area (Å²) in [4.78, 5) is 0. The first kappa shape index (κ1) is 18.4. The molecule has 5 nitrogen and oxygen atoms in total. The third-order valence-electron chi connectivity index (χ3n) is 3.66. The summed E-state index contributed by atoms with van der Waals surface area (Å²) in [5, 5.41) is 11.4. The number of H-pyrrole nitrogens is 1. The quantitative estimate of drug-likeness (QED) is 0.384. The van der Waals surface area contributed by atoms with Crippen LogP contribution in [-0.4, -0.2) is 27.7 Å². The van der Waals surface area contributed by atoms with Crippen LogP contribution in [-0.2, 0) is 6.42 Å². The van der Waals surface area contributed by atoms with Crippen LogP contribution in [0.25, 0.3) is 0 Å². The first-order valence-corrected chi connectivity index (χ1v) is 9.09. The fourth-order valence-electron chi connectivity index (χ4n) is 2.32. The van der Waals surface area contributed by atoms with Crippen LogP contribution in [0, 0.1) is 4.77 Å². The van der Waals surface area contributed by atoms with E-state index in [1.807, 2.05) is 24.3 Å². The molecule has 0 fully saturated rings. The van der Waals surface area contributed by atoms with Gasteiger partial charge in [0.25, 0.3) is 0 Å². The molecule has 0 aliphatic rings. The normalized spacial score (nSPS) is 11.2. The molecule has 0 amide bonds. The summed E-state index contributed by atoms with van der Waals surface area (Å²) in [5.74, 6) is 1.75. The van der Waals surface area contributed by atoms with Gasteiger partial charge in [-0.3, -0.25) is 5.10 Å². The lowest BCUT2D eigenvalue weighted by Crippen LogP contribution is -1.99. The second-order valence-corrected chi connectivity index (χ2v) is 6.12. The zero-order valence-corrected chi connectivity index (χ0v) is 15.3. The van der Waals surface area contributed by atoms with Crippen LogP contribution in [0.2, 0.25) is 0 Å². The molecule has 2 rings (SSSR count). The van der Waals surface area contributed by atoms with Gasteiger partial charge in [0.1, 0.15) is 5.75 Å². The number of ether oxygens (including phenoxy) is 1. The number of rotatable bonds is 10. The van der Waals surface area contributed by atoms with Crippen molar-refractivity contribution in [1.82, 2.24) is 14.9 Å². The molecule has 130 valence electrons. The molecule has 0 aliphatic heterocycles. The average Bonchev–Trinajstić information content (AvgIpc) is 2.94. The Morgan fingerprint density at radius 1 is 1.17 bits per heavy atom. The zero-order valence-electron chi connectivity index (χ0n) is 14.5. The highest BCUT2D eigenvalue weighted by molar-refractivity contribution is 7.71. The predicted octanol–water partition coefficient (Wildman–Crippen LogP) is 4.73. The Morgan fingerprint density at radius 3 is 2.67 bits per heavy atom. The molecule has 0 saturated carbocycles. The molecule has 0 unspecified atom stereocenters. The second kappa shape index (κ2) is 10.0. The summed E-state index contributed by atoms with van der Waals surface area (Å²) in [5.41, 5.74) is 0.999. The lowest BCUT2D eigenvalue weighted by atomic mass is 10.2. The van der Waals surface area contributed by atoms with E-state index >= 15 is 0 Å². The van der Waals surface area contributed by atoms with Crippen LogP contribution in [0.3, 0.4) is 0 Å². The van der Waals surface area contributed by atoms with Gasteiger partial charge >= 0.3 is 0 Å². The molecule has 1 aromatic carbocycles. The Morgan fingerprint density at radius 2 is 1.96 bits per heavy atom. The van der Waals surface area contributed by atoms with E-state index in [1.54, 1.807) is 10.9 Å². The van der Waals surface area contributed by atoms with Gasteiger partial charge in [0, 0.05) is 6.42 Å². The van der Waals surface area contributed by atoms with E-state index < -0.39 is 0 Å². The van der Waals surface area contributed by atoms with E-state index in [1.165, 1.54) is 19.3 Å². The summed E-state index contributed by atoms with van der Waals surface area (Å²) in [6.45, 7) is 5.09. The molecule has 0 radical (unpaired) electrons. The smallest absolute Gasteiger partial charge is 0.216 e. The number of hydrogen-bond donors (Lipinski definition) is 1. The molecular formula is C18H26N4OS. The number of nitrogens with zero attached hydrogens (tertiary/aromatic N) is 3. The fraction of sp³-hybridized carbons (Fsp3) is 0.500. The summed E-state index contributed by atoms with van der Waals surface area (Å²) >= 11 is 5.21. The van der Waals surface area contributed by atoms with E-state index in [2.05, 4.69) is 29.1 Å². The monoisotopic (exact) mass is 346 g/mol. The van der Waals surface area contributed by atoms with Crippen molar-refractivity contribution in [3.05, 3.63) is 40.4 Å². The van der Waals surface area contributed by atoms with Gasteiger partial charge in [0.2, 0.25) is 4.77 Å². The van der Waals surface area contributed by atoms with Crippen LogP contribution in [0.5, 0.6) is 5.75 Å². The molecule has 1 heterocycles. The number of aromatic amines is 1. The molecule has 0 spiro atoms. The van der Waals surface area contributed by atoms with Gasteiger partial charge in [0.05, 0.1) is 12.8 Å². The Labute approximate surface area is 148 Å². The maximum atomic E-state index is 5.75. The van der Waals surface area contributed by atoms with Gasteiger partial charge in [0.15, 0.2) is 5.82 Å². The number of hydrogen-bond acceptors (Lipinski definition) is 4. The highest BCUT2D eigenvalue weighted by atomic mass is 32.1. The molecule has 0 atom stereocenters. The minimum atomic E-state index is 0.515. The van der Waals surface area contributed by atoms with E-state index in [-0.39, 0.29) is 0 Å². The largest absolute Gasteiger partial charge is 0.494 e. The molecule has 0 bridgehead atoms. The number of aromatic nitrogens is 3. The maximum Gasteiger partial charge on any atom is 0.216 e. The van der Waals surface area contributed by atoms with Crippen molar-refractivity contribution in [2.75, 3.05) is 6.61 Å². The molecule has 1 N–H and O–H groups in total. The summed E-state index contributed by atoms with van der Waals surface area (Å²) in [7, 11) is 0. The third kappa shape index (κ3) is 5.60. The summed E-state index contributed by atoms with van der Waals surface area (Å²) in [6.07, 6.45) is 8.48. The fourth-order valence-corrected chi connectivity index (χ4v) is 2.52. The van der Waals surface area contributed by atoms with Crippen molar-refractivity contribution < 1.29 is 4.74 Å². The van der Waals surface area contributed by atoms with Gasteiger partial charge < -0.3 is 4.74 Å². The van der Waals surface area contributed by atoms with E-state index in [9.17, 15) is 0 Å². The summed E-state index contributed by atoms with van der Waals surface area (Å²) < 4.78 is 7.94. The standard InChI is InChI=1S/C18H26N4OS/c1-3-5-6-7-13-23-16-11-9-15(10-12-16)14-19-22-17(8-4-2)20-21-18(22)24/h9-12,14H,3-8,13H2,1-2H3,(H,21,24)/b19-14+. The molecule has 0 aliphatic carbocycles. The van der Waals surface area contributed by atoms with E-state index in [4.69, 9.17) is 17.0 Å². The Kier molecular flexibility index (Phi) is 7.68. The Bertz CT molecular complexity index is 688. The second-order valence-electron chi connectivity index (χ2n) is 5.73. The molecule has 6 heteroatoms. The Hall–Kier alpha value is -1.95. The maximum absolute atomic E-state index is 5.75. The number of benzene rings is 1. The molecule has 0 saturated heterocycles. The van der Waals surface area contributed by atoms with Crippen LogP contribution in [0.1, 0.15) is 57.3 Å². The number of nitrogens with one attached hydrogen (secondary N) is 1. The van der Waals surface area contributed by atoms with Gasteiger partial charge in [-0.25, -0.2) is 0 Å². The summed E-state index contributed by atoms with van der Waals surface area (Å²) in [6, 6.07) is 7.94. The van der Waals surface area contributed by atoms with E-state index in [0.717, 1.165) is 43.0 Å². The highest BCUT2D eigenvalue weighted by Crippen LogP contribution is 2.12. The third-order valence-corrected chi connectivity index (χ3v) is 3.92. The SMILES string of the molecule is CCCCCCOc1ccc(/C=N/n2c(CCC)n[nH]c2=S)cc1. The minimum absolute atomic E-state index is 0.515. The van der Waals surface area contributed by atoms with Crippen molar-refractivity contribution in [2.24, 2.45) is 5.10 Å². The van der Waals surface area contributed by atoms with Gasteiger partial charge in [-0.1, -0.05) is 33.1 Å². The van der Waals surface area contributed by atoms with Crippen molar-refractivity contribution >= 4 is 18.4 Å². The molecule has 2 aromatic rings. The lowest BCUT2D eigenvalue weighted by molar-refractivity contribution is 0.305. The van der Waals surface area contributed by atoms with Gasteiger partial charge in [-0.05, 0) is 54.9 Å². The molecular weight excluding hydrogens is 320 g/mol. The van der Waals surface area contributed by atoms with E-state index in [0.29, 0.717) is 4.77 Å². The topological polar surface area (TPSA) is 55.2 Å². The van der Waals surface area contributed by atoms with Crippen molar-refractivity contribution in [1.29, 1.82) is 0 Å². The van der Waals surface area contributed by atoms with Crippen LogP contribution < -0.4 is 4.74 Å². The molecule has 1 aromatic heterocycles. The highest BCUT2D eigenvalue weighted by Gasteiger charge is 2.03. The first-order chi connectivity index (χ1) is 11.7. The van der Waals surface area contributed by atoms with Gasteiger partial charge in [-0.15, -0.1) is 0 Å². The minimum Gasteiger partial charge on any atom is -0.494 e. The predicted molar refractivity (Wildman–Crippen MR) is 100 cm³/mol. The average molecular weight is 346 g/mol. The molecule has 24 heavy (non-hydrogen) atoms. The van der Waals surface area contributed by atoms with Gasteiger partial charge in [-0.2, -0.15) is 14.9 Å². The lowest BCUT2D eigenvalue weighted by Gasteiger charge is -2.06. The number of unbranched alkanes of at least 4 members (excludes halogenated alkanes) is 3. The zero-order chi connectivity index (χ0) is 17.2. The van der Waals surface area contributed by atoms with Crippen LogP contribution >= 0.6 is 12.2 Å². The van der Waals surface area contributed by atoms with Crippen molar-refractivity contribution in [3.63, 3.8) is 0 Å². The van der Waals surface area contributed by atoms with Crippen molar-refractivity contribution in [3.8, 4) is 5.75 Å². The van der Waals surface area contributed by atoms with Crippen molar-refractivity contribution in [2.45, 2.75) is 52.4 Å². The Balaban J connectivity index is 1.92. The van der Waals surface area contributed by atoms with Crippen LogP contribution in [0.4, 0.5) is 0 Å².